The molecule has 5 rings (SSSR count). The van der Waals surface area contributed by atoms with E-state index in [4.69, 9.17) is 4.74 Å². The van der Waals surface area contributed by atoms with Crippen molar-refractivity contribution in [3.63, 3.8) is 0 Å². The number of amides is 1. The van der Waals surface area contributed by atoms with E-state index in [1.807, 2.05) is 18.7 Å². The van der Waals surface area contributed by atoms with E-state index in [2.05, 4.69) is 10.2 Å². The molecule has 218 valence electrons. The molecule has 3 heterocycles. The lowest BCUT2D eigenvalue weighted by atomic mass is 9.64. The molecule has 3 fully saturated rings. The monoisotopic (exact) mass is 560 g/mol. The van der Waals surface area contributed by atoms with Crippen LogP contribution in [0.25, 0.3) is 0 Å². The molecule has 0 bridgehead atoms. The molecule has 1 atom stereocenters. The highest BCUT2D eigenvalue weighted by Gasteiger charge is 2.61. The van der Waals surface area contributed by atoms with Crippen LogP contribution in [0.3, 0.4) is 0 Å². The van der Waals surface area contributed by atoms with Crippen molar-refractivity contribution in [2.45, 2.75) is 45.6 Å². The van der Waals surface area contributed by atoms with E-state index in [9.17, 15) is 18.7 Å². The predicted octanol–water partition coefficient (Wildman–Crippen LogP) is 4.83. The molecule has 0 aliphatic carbocycles. The normalized spacial score (nSPS) is 21.9. The van der Waals surface area contributed by atoms with Crippen LogP contribution in [-0.4, -0.2) is 68.8 Å². The number of anilines is 2. The summed E-state index contributed by atoms with van der Waals surface area (Å²) in [5, 5.41) is 13.8. The minimum Gasteiger partial charge on any atom is -0.503 e. The first-order valence-corrected chi connectivity index (χ1v) is 14.3. The maximum atomic E-state index is 15.9. The topological polar surface area (TPSA) is 68.3 Å². The summed E-state index contributed by atoms with van der Waals surface area (Å²) in [7, 11) is 1.49. The zero-order valence-corrected chi connectivity index (χ0v) is 23.5. The number of phenolic OH excluding ortho intramolecular Hbond substituents is 1. The molecule has 0 unspecified atom stereocenters. The molecule has 3 aliphatic rings. The lowest BCUT2D eigenvalue weighted by Gasteiger charge is -2.56. The van der Waals surface area contributed by atoms with Gasteiger partial charge in [-0.05, 0) is 37.7 Å². The molecule has 3 saturated heterocycles. The van der Waals surface area contributed by atoms with Crippen molar-refractivity contribution < 1.29 is 27.8 Å². The second-order valence-electron chi connectivity index (χ2n) is 11.2. The van der Waals surface area contributed by atoms with E-state index in [0.29, 0.717) is 41.8 Å². The maximum absolute atomic E-state index is 15.9. The van der Waals surface area contributed by atoms with Crippen molar-refractivity contribution in [2.24, 2.45) is 11.3 Å². The Bertz CT molecular complexity index is 1240. The molecule has 1 amide bonds. The van der Waals surface area contributed by atoms with Crippen LogP contribution in [0.15, 0.2) is 24.3 Å². The standard InChI is InChI=1S/C30H39F3N4O3/c1-4-30(5-2)28(37(29(30)39)25-15-20(31)14-23(33)27(25)38)21-16-22(32)24(17-26(21)40-3)36-10-6-19(7-11-36)18-35-12-8-34-9-13-35/h14-17,19,28,34,38H,4-13,18H2,1-3H3/t28-/m0/s1. The number of aromatic hydroxyl groups is 1. The second kappa shape index (κ2) is 11.5. The average molecular weight is 561 g/mol. The van der Waals surface area contributed by atoms with Gasteiger partial charge in [-0.3, -0.25) is 9.69 Å². The Kier molecular flexibility index (Phi) is 8.20. The van der Waals surface area contributed by atoms with Crippen LogP contribution < -0.4 is 19.9 Å². The lowest BCUT2D eigenvalue weighted by Crippen LogP contribution is -2.63. The largest absolute Gasteiger partial charge is 0.503 e. The molecule has 2 N–H and O–H groups in total. The number of piperazine rings is 1. The first kappa shape index (κ1) is 28.5. The summed E-state index contributed by atoms with van der Waals surface area (Å²) in [6.07, 6.45) is 2.79. The summed E-state index contributed by atoms with van der Waals surface area (Å²) < 4.78 is 50.0. The van der Waals surface area contributed by atoms with Crippen LogP contribution >= 0.6 is 0 Å². The van der Waals surface area contributed by atoms with E-state index in [-0.39, 0.29) is 11.6 Å². The molecule has 10 heteroatoms. The quantitative estimate of drug-likeness (QED) is 0.451. The zero-order valence-electron chi connectivity index (χ0n) is 23.5. The number of hydrogen-bond acceptors (Lipinski definition) is 6. The number of piperidine rings is 1. The summed E-state index contributed by atoms with van der Waals surface area (Å²) in [6, 6.07) is 3.78. The Morgan fingerprint density at radius 3 is 2.27 bits per heavy atom. The van der Waals surface area contributed by atoms with Gasteiger partial charge in [-0.15, -0.1) is 0 Å². The van der Waals surface area contributed by atoms with Crippen LogP contribution in [0.1, 0.15) is 51.1 Å². The third kappa shape index (κ3) is 4.89. The smallest absolute Gasteiger partial charge is 0.236 e. The first-order chi connectivity index (χ1) is 19.2. The summed E-state index contributed by atoms with van der Waals surface area (Å²) in [5.74, 6) is -2.75. The predicted molar refractivity (Wildman–Crippen MR) is 148 cm³/mol. The molecule has 7 nitrogen and oxygen atoms in total. The van der Waals surface area contributed by atoms with Crippen molar-refractivity contribution >= 4 is 17.3 Å². The van der Waals surface area contributed by atoms with Gasteiger partial charge in [0.1, 0.15) is 17.4 Å². The van der Waals surface area contributed by atoms with Crippen molar-refractivity contribution in [1.82, 2.24) is 10.2 Å². The van der Waals surface area contributed by atoms with Gasteiger partial charge in [-0.1, -0.05) is 13.8 Å². The first-order valence-electron chi connectivity index (χ1n) is 14.3. The van der Waals surface area contributed by atoms with E-state index in [1.54, 1.807) is 6.07 Å². The summed E-state index contributed by atoms with van der Waals surface area (Å²) in [4.78, 5) is 19.2. The van der Waals surface area contributed by atoms with E-state index in [0.717, 1.165) is 64.7 Å². The summed E-state index contributed by atoms with van der Waals surface area (Å²) in [5.41, 5.74) is -0.358. The average Bonchev–Trinajstić information content (AvgIpc) is 2.96. The molecule has 3 aliphatic heterocycles. The number of ether oxygens (including phenoxy) is 1. The molecule has 40 heavy (non-hydrogen) atoms. The van der Waals surface area contributed by atoms with Gasteiger partial charge in [0.25, 0.3) is 0 Å². The van der Waals surface area contributed by atoms with Crippen LogP contribution in [0.5, 0.6) is 11.5 Å². The van der Waals surface area contributed by atoms with Gasteiger partial charge in [-0.25, -0.2) is 13.2 Å². The van der Waals surface area contributed by atoms with Gasteiger partial charge in [0.15, 0.2) is 11.6 Å². The van der Waals surface area contributed by atoms with Crippen molar-refractivity contribution in [2.75, 3.05) is 62.7 Å². The number of phenols is 1. The van der Waals surface area contributed by atoms with Crippen molar-refractivity contribution in [3.8, 4) is 11.5 Å². The van der Waals surface area contributed by atoms with Gasteiger partial charge >= 0.3 is 0 Å². The molecule has 0 aromatic heterocycles. The van der Waals surface area contributed by atoms with Crippen LogP contribution in [0.4, 0.5) is 24.5 Å². The number of benzene rings is 2. The Labute approximate surface area is 233 Å². The molecule has 0 radical (unpaired) electrons. The number of carbonyl (C=O) groups is 1. The van der Waals surface area contributed by atoms with Gasteiger partial charge in [0.05, 0.1) is 29.9 Å². The fraction of sp³-hybridized carbons (Fsp3) is 0.567. The number of β-lactam (4-membered cyclic amide) rings is 1. The lowest BCUT2D eigenvalue weighted by molar-refractivity contribution is -0.141. The second-order valence-corrected chi connectivity index (χ2v) is 11.2. The van der Waals surface area contributed by atoms with Gasteiger partial charge in [-0.2, -0.15) is 0 Å². The highest BCUT2D eigenvalue weighted by Crippen LogP contribution is 2.59. The summed E-state index contributed by atoms with van der Waals surface area (Å²) >= 11 is 0. The Morgan fingerprint density at radius 1 is 0.975 bits per heavy atom. The van der Waals surface area contributed by atoms with E-state index < -0.39 is 34.7 Å². The van der Waals surface area contributed by atoms with Gasteiger partial charge < -0.3 is 25.0 Å². The highest BCUT2D eigenvalue weighted by molar-refractivity contribution is 6.07. The number of nitrogens with zero attached hydrogens (tertiary/aromatic N) is 3. The SMILES string of the molecule is CCC1(CC)C(=O)N(c2cc(F)cc(F)c2O)[C@H]1c1cc(F)c(N2CCC(CN3CCNCC3)CC2)cc1OC. The number of hydrogen-bond donors (Lipinski definition) is 2. The summed E-state index contributed by atoms with van der Waals surface area (Å²) in [6.45, 7) is 10.4. The molecule has 0 saturated carbocycles. The number of methoxy groups -OCH3 is 1. The number of rotatable bonds is 8. The Balaban J connectivity index is 1.43. The number of halogens is 3. The molecule has 2 aromatic carbocycles. The number of nitrogens with one attached hydrogen (secondary N) is 1. The van der Waals surface area contributed by atoms with Crippen LogP contribution in [-0.2, 0) is 4.79 Å². The Morgan fingerprint density at radius 2 is 1.65 bits per heavy atom. The van der Waals surface area contributed by atoms with Gasteiger partial charge in [0, 0.05) is 69.6 Å². The van der Waals surface area contributed by atoms with Crippen LogP contribution in [0.2, 0.25) is 0 Å². The molecular formula is C30H39F3N4O3. The third-order valence-corrected chi connectivity index (χ3v) is 9.23. The molecule has 0 spiro atoms. The minimum absolute atomic E-state index is 0.275. The van der Waals surface area contributed by atoms with Crippen LogP contribution in [0, 0.1) is 28.8 Å². The molecular weight excluding hydrogens is 521 g/mol. The fourth-order valence-corrected chi connectivity index (χ4v) is 6.82. The van der Waals surface area contributed by atoms with E-state index >= 15 is 4.39 Å². The van der Waals surface area contributed by atoms with E-state index in [1.165, 1.54) is 18.1 Å². The molecule has 2 aromatic rings. The maximum Gasteiger partial charge on any atom is 0.236 e. The third-order valence-electron chi connectivity index (χ3n) is 9.23. The minimum atomic E-state index is -1.17. The van der Waals surface area contributed by atoms with Crippen molar-refractivity contribution in [1.29, 1.82) is 0 Å². The highest BCUT2D eigenvalue weighted by atomic mass is 19.1. The zero-order chi connectivity index (χ0) is 28.6. The van der Waals surface area contributed by atoms with Crippen molar-refractivity contribution in [3.05, 3.63) is 47.3 Å². The fourth-order valence-electron chi connectivity index (χ4n) is 6.82. The Hall–Kier alpha value is -2.98. The van der Waals surface area contributed by atoms with Gasteiger partial charge in [0.2, 0.25) is 5.91 Å². The number of carbonyl (C=O) groups excluding carboxylic acids is 1.